The van der Waals surface area contributed by atoms with Gasteiger partial charge < -0.3 is 4.79 Å². The van der Waals surface area contributed by atoms with Gasteiger partial charge >= 0.3 is 0 Å². The van der Waals surface area contributed by atoms with Crippen LogP contribution in [-0.4, -0.2) is 16.1 Å². The summed E-state index contributed by atoms with van der Waals surface area (Å²) in [6.45, 7) is 2.08. The summed E-state index contributed by atoms with van der Waals surface area (Å²) < 4.78 is 0. The number of hydrogen-bond donors (Lipinski definition) is 0. The highest BCUT2D eigenvalue weighted by Crippen LogP contribution is 2.10. The van der Waals surface area contributed by atoms with E-state index in [0.717, 1.165) is 38.4 Å². The maximum absolute atomic E-state index is 11.0. The highest BCUT2D eigenvalue weighted by Gasteiger charge is 2.08. The summed E-state index contributed by atoms with van der Waals surface area (Å²) in [6.07, 6.45) is 17.5. The van der Waals surface area contributed by atoms with Gasteiger partial charge in [0.05, 0.1) is 22.7 Å². The van der Waals surface area contributed by atoms with Gasteiger partial charge in [0, 0.05) is 6.42 Å². The number of allylic oxidation sites excluding steroid dienone is 6. The summed E-state index contributed by atoms with van der Waals surface area (Å²) in [6, 6.07) is 0. The molecule has 0 aromatic rings. The lowest BCUT2D eigenvalue weighted by atomic mass is 10.1. The third-order valence-electron chi connectivity index (χ3n) is 3.83. The average molecular weight is 378 g/mol. The molecule has 0 saturated heterocycles. The number of unbranched alkanes of at least 4 members (excludes halogenated alkanes) is 5. The van der Waals surface area contributed by atoms with Gasteiger partial charge in [-0.15, -0.1) is 0 Å². The van der Waals surface area contributed by atoms with Crippen LogP contribution >= 0.6 is 0 Å². The van der Waals surface area contributed by atoms with Crippen molar-refractivity contribution in [2.24, 2.45) is 0 Å². The van der Waals surface area contributed by atoms with Crippen LogP contribution in [0.2, 0.25) is 0 Å². The fourth-order valence-corrected chi connectivity index (χ4v) is 2.27. The molecule has 0 heterocycles. The van der Waals surface area contributed by atoms with Gasteiger partial charge in [-0.2, -0.15) is 0 Å². The monoisotopic (exact) mass is 378 g/mol. The average Bonchev–Trinajstić information content (AvgIpc) is 2.63. The molecule has 7 nitrogen and oxygen atoms in total. The van der Waals surface area contributed by atoms with Crippen molar-refractivity contribution in [1.82, 2.24) is 0 Å². The predicted molar refractivity (Wildman–Crippen MR) is 106 cm³/mol. The second kappa shape index (κ2) is 16.9. The zero-order chi connectivity index (χ0) is 20.3. The minimum Gasteiger partial charge on any atom is -0.303 e. The van der Waals surface area contributed by atoms with Crippen LogP contribution in [0, 0.1) is 20.2 Å². The Labute approximate surface area is 160 Å². The maximum Gasteiger partial charge on any atom is 0.246 e. The molecular weight excluding hydrogens is 348 g/mol. The number of carbonyl (C=O) groups excluding carboxylic acids is 1. The number of rotatable bonds is 16. The minimum atomic E-state index is -0.417. The van der Waals surface area contributed by atoms with Gasteiger partial charge in [0.2, 0.25) is 11.4 Å². The van der Waals surface area contributed by atoms with Crippen LogP contribution in [0.4, 0.5) is 0 Å². The largest absolute Gasteiger partial charge is 0.303 e. The van der Waals surface area contributed by atoms with E-state index in [9.17, 15) is 25.0 Å². The fraction of sp³-hybridized carbons (Fsp3) is 0.550. The molecule has 0 fully saturated rings. The standard InChI is InChI=1S/C20H30N2O5/c1-2-3-4-9-14-19(21(24)25)16-11-8-12-17-20(22(26)27)15-10-6-5-7-13-18-23/h6,8,10-11,14,17-18H,2-5,7,9,12-13,15-16H2,1H3/b10-6+,11-8+,19-14-,20-17-. The third-order valence-corrected chi connectivity index (χ3v) is 3.83. The van der Waals surface area contributed by atoms with Crippen LogP contribution in [0.5, 0.6) is 0 Å². The molecule has 0 amide bonds. The molecule has 7 heteroatoms. The molecule has 0 aromatic carbocycles. The van der Waals surface area contributed by atoms with Gasteiger partial charge in [-0.3, -0.25) is 20.2 Å². The lowest BCUT2D eigenvalue weighted by molar-refractivity contribution is -0.427. The lowest BCUT2D eigenvalue weighted by Crippen LogP contribution is -1.98. The molecule has 0 spiro atoms. The van der Waals surface area contributed by atoms with Gasteiger partial charge in [-0.1, -0.05) is 44.1 Å². The molecule has 0 unspecified atom stereocenters. The molecule has 27 heavy (non-hydrogen) atoms. The molecule has 0 aliphatic carbocycles. The van der Waals surface area contributed by atoms with Crippen molar-refractivity contribution in [2.75, 3.05) is 0 Å². The van der Waals surface area contributed by atoms with Crippen LogP contribution in [-0.2, 0) is 4.79 Å². The van der Waals surface area contributed by atoms with Crippen molar-refractivity contribution in [3.05, 3.63) is 68.1 Å². The Morgan fingerprint density at radius 2 is 1.41 bits per heavy atom. The van der Waals surface area contributed by atoms with Gasteiger partial charge in [0.25, 0.3) is 0 Å². The van der Waals surface area contributed by atoms with Gasteiger partial charge in [0.1, 0.15) is 6.29 Å². The van der Waals surface area contributed by atoms with E-state index in [1.54, 1.807) is 24.3 Å². The van der Waals surface area contributed by atoms with E-state index in [1.165, 1.54) is 6.08 Å². The van der Waals surface area contributed by atoms with E-state index in [1.807, 2.05) is 6.08 Å². The molecule has 0 aliphatic heterocycles. The predicted octanol–water partition coefficient (Wildman–Crippen LogP) is 5.54. The molecule has 0 N–H and O–H groups in total. The SMILES string of the molecule is CCCCC/C=C(/C/C=C/C/C=C(/C/C=C/CCCC=O)[N+](=O)[O-])[N+](=O)[O-]. The van der Waals surface area contributed by atoms with Crippen LogP contribution in [0.15, 0.2) is 47.9 Å². The van der Waals surface area contributed by atoms with E-state index in [2.05, 4.69) is 6.92 Å². The molecule has 0 saturated carbocycles. The number of hydrogen-bond acceptors (Lipinski definition) is 5. The first-order valence-electron chi connectivity index (χ1n) is 9.43. The van der Waals surface area contributed by atoms with Gasteiger partial charge in [-0.25, -0.2) is 0 Å². The number of carbonyl (C=O) groups is 1. The second-order valence-electron chi connectivity index (χ2n) is 6.09. The Morgan fingerprint density at radius 1 is 0.778 bits per heavy atom. The third kappa shape index (κ3) is 14.3. The van der Waals surface area contributed by atoms with Crippen molar-refractivity contribution in [3.8, 4) is 0 Å². The first-order valence-corrected chi connectivity index (χ1v) is 9.43. The van der Waals surface area contributed by atoms with E-state index < -0.39 is 4.92 Å². The first-order chi connectivity index (χ1) is 13.0. The zero-order valence-electron chi connectivity index (χ0n) is 16.0. The van der Waals surface area contributed by atoms with Crippen LogP contribution in [0.25, 0.3) is 0 Å². The number of nitrogens with zero attached hydrogens (tertiary/aromatic N) is 2. The second-order valence-corrected chi connectivity index (χ2v) is 6.09. The number of aldehydes is 1. The smallest absolute Gasteiger partial charge is 0.246 e. The van der Waals surface area contributed by atoms with Crippen molar-refractivity contribution in [3.63, 3.8) is 0 Å². The normalized spacial score (nSPS) is 12.8. The summed E-state index contributed by atoms with van der Waals surface area (Å²) in [7, 11) is 0. The van der Waals surface area contributed by atoms with E-state index >= 15 is 0 Å². The van der Waals surface area contributed by atoms with Crippen LogP contribution in [0.3, 0.4) is 0 Å². The Morgan fingerprint density at radius 3 is 2.00 bits per heavy atom. The van der Waals surface area contributed by atoms with Crippen molar-refractivity contribution in [1.29, 1.82) is 0 Å². The molecule has 150 valence electrons. The maximum atomic E-state index is 11.0. The van der Waals surface area contributed by atoms with E-state index in [4.69, 9.17) is 0 Å². The quantitative estimate of drug-likeness (QED) is 0.115. The summed E-state index contributed by atoms with van der Waals surface area (Å²) in [5, 5.41) is 22.0. The first kappa shape index (κ1) is 24.4. The highest BCUT2D eigenvalue weighted by atomic mass is 16.6. The number of nitro groups is 2. The van der Waals surface area contributed by atoms with Gasteiger partial charge in [0.15, 0.2) is 0 Å². The Hall–Kier alpha value is -2.57. The zero-order valence-corrected chi connectivity index (χ0v) is 16.0. The lowest BCUT2D eigenvalue weighted by Gasteiger charge is -1.96. The van der Waals surface area contributed by atoms with Crippen molar-refractivity contribution >= 4 is 6.29 Å². The summed E-state index contributed by atoms with van der Waals surface area (Å²) in [5.74, 6) is 0. The Balaban J connectivity index is 4.45. The summed E-state index contributed by atoms with van der Waals surface area (Å²) in [5.41, 5.74) is 0.259. The summed E-state index contributed by atoms with van der Waals surface area (Å²) in [4.78, 5) is 31.5. The fourth-order valence-electron chi connectivity index (χ4n) is 2.27. The molecular formula is C20H30N2O5. The topological polar surface area (TPSA) is 103 Å². The Kier molecular flexibility index (Phi) is 15.3. The van der Waals surface area contributed by atoms with Crippen molar-refractivity contribution in [2.45, 2.75) is 71.1 Å². The highest BCUT2D eigenvalue weighted by molar-refractivity contribution is 5.49. The van der Waals surface area contributed by atoms with E-state index in [-0.39, 0.29) is 29.2 Å². The molecule has 0 rings (SSSR count). The molecule has 0 bridgehead atoms. The minimum absolute atomic E-state index is 0.0934. The van der Waals surface area contributed by atoms with Crippen LogP contribution in [0.1, 0.15) is 71.1 Å². The molecule has 0 aromatic heterocycles. The van der Waals surface area contributed by atoms with E-state index in [0.29, 0.717) is 19.3 Å². The molecule has 0 radical (unpaired) electrons. The molecule has 0 aliphatic rings. The van der Waals surface area contributed by atoms with Crippen molar-refractivity contribution < 1.29 is 14.6 Å². The Bertz CT molecular complexity index is 577. The molecule has 0 atom stereocenters. The summed E-state index contributed by atoms with van der Waals surface area (Å²) >= 11 is 0. The van der Waals surface area contributed by atoms with Crippen LogP contribution < -0.4 is 0 Å². The van der Waals surface area contributed by atoms with Gasteiger partial charge in [-0.05, 0) is 44.3 Å².